The van der Waals surface area contributed by atoms with Crippen LogP contribution in [0.15, 0.2) is 36.4 Å². The van der Waals surface area contributed by atoms with E-state index in [0.29, 0.717) is 41.7 Å². The SMILES string of the molecule is CN1Cc2c(Cl)cc(Cl)cc2C(c2cccc(NC(=O)OC3CCN(S(C)(=O)=O)CC3)c2)C1. The predicted octanol–water partition coefficient (Wildman–Crippen LogP) is 4.54. The first-order valence-electron chi connectivity index (χ1n) is 10.8. The van der Waals surface area contributed by atoms with Gasteiger partial charge in [0.2, 0.25) is 10.0 Å². The van der Waals surface area contributed by atoms with E-state index in [2.05, 4.69) is 17.3 Å². The second kappa shape index (κ2) is 9.80. The quantitative estimate of drug-likeness (QED) is 0.651. The third-order valence-corrected chi connectivity index (χ3v) is 8.03. The first kappa shape index (κ1) is 24.3. The van der Waals surface area contributed by atoms with Crippen LogP contribution >= 0.6 is 23.2 Å². The van der Waals surface area contributed by atoms with Gasteiger partial charge in [-0.15, -0.1) is 0 Å². The Bertz CT molecular complexity index is 1150. The van der Waals surface area contributed by atoms with Crippen LogP contribution in [0.1, 0.15) is 35.4 Å². The summed E-state index contributed by atoms with van der Waals surface area (Å²) in [6.07, 6.45) is 1.30. The maximum atomic E-state index is 12.5. The van der Waals surface area contributed by atoms with Crippen molar-refractivity contribution in [3.63, 3.8) is 0 Å². The minimum Gasteiger partial charge on any atom is -0.446 e. The summed E-state index contributed by atoms with van der Waals surface area (Å²) in [6, 6.07) is 11.4. The number of rotatable bonds is 4. The highest BCUT2D eigenvalue weighted by Gasteiger charge is 2.28. The first-order valence-corrected chi connectivity index (χ1v) is 13.4. The second-order valence-corrected chi connectivity index (χ2v) is 11.5. The number of halogens is 2. The van der Waals surface area contributed by atoms with E-state index >= 15 is 0 Å². The highest BCUT2D eigenvalue weighted by atomic mass is 35.5. The van der Waals surface area contributed by atoms with Crippen LogP contribution < -0.4 is 5.32 Å². The maximum Gasteiger partial charge on any atom is 0.411 e. The van der Waals surface area contributed by atoms with E-state index in [0.717, 1.165) is 29.8 Å². The number of carbonyl (C=O) groups is 1. The monoisotopic (exact) mass is 511 g/mol. The van der Waals surface area contributed by atoms with Crippen LogP contribution in [-0.2, 0) is 21.3 Å². The molecule has 178 valence electrons. The molecule has 33 heavy (non-hydrogen) atoms. The zero-order valence-corrected chi connectivity index (χ0v) is 20.9. The molecule has 1 atom stereocenters. The van der Waals surface area contributed by atoms with Gasteiger partial charge in [-0.3, -0.25) is 5.32 Å². The lowest BCUT2D eigenvalue weighted by atomic mass is 9.84. The molecule has 0 aliphatic carbocycles. The number of fused-ring (bicyclic) bond motifs is 1. The van der Waals surface area contributed by atoms with Gasteiger partial charge in [0, 0.05) is 47.8 Å². The fourth-order valence-corrected chi connectivity index (χ4v) is 5.99. The fourth-order valence-electron chi connectivity index (χ4n) is 4.54. The molecule has 1 unspecified atom stereocenters. The Morgan fingerprint density at radius 3 is 2.58 bits per heavy atom. The van der Waals surface area contributed by atoms with Crippen LogP contribution in [0, 0.1) is 0 Å². The van der Waals surface area contributed by atoms with Gasteiger partial charge in [-0.1, -0.05) is 35.3 Å². The lowest BCUT2D eigenvalue weighted by Crippen LogP contribution is -2.41. The summed E-state index contributed by atoms with van der Waals surface area (Å²) in [5.74, 6) is 0.0630. The van der Waals surface area contributed by atoms with Crippen molar-refractivity contribution in [2.24, 2.45) is 0 Å². The number of likely N-dealkylation sites (N-methyl/N-ethyl adjacent to an activating group) is 1. The number of piperidine rings is 1. The summed E-state index contributed by atoms with van der Waals surface area (Å²) in [5.41, 5.74) is 3.84. The highest BCUT2D eigenvalue weighted by Crippen LogP contribution is 2.38. The van der Waals surface area contributed by atoms with E-state index in [1.54, 1.807) is 6.07 Å². The molecule has 0 spiro atoms. The average molecular weight is 512 g/mol. The highest BCUT2D eigenvalue weighted by molar-refractivity contribution is 7.88. The Labute approximate surface area is 204 Å². The standard InChI is InChI=1S/C23H27Cl2N3O4S/c1-27-13-20(19-11-16(24)12-22(25)21(19)14-27)15-4-3-5-17(10-15)26-23(29)32-18-6-8-28(9-7-18)33(2,30)31/h3-5,10-12,18,20H,6-9,13-14H2,1-2H3,(H,26,29). The van der Waals surface area contributed by atoms with Crippen molar-refractivity contribution in [1.29, 1.82) is 0 Å². The second-order valence-electron chi connectivity index (χ2n) is 8.72. The van der Waals surface area contributed by atoms with Crippen LogP contribution in [0.2, 0.25) is 10.0 Å². The number of sulfonamides is 1. The van der Waals surface area contributed by atoms with Gasteiger partial charge in [-0.25, -0.2) is 17.5 Å². The van der Waals surface area contributed by atoms with E-state index in [1.807, 2.05) is 30.3 Å². The summed E-state index contributed by atoms with van der Waals surface area (Å²) in [7, 11) is -1.16. The zero-order chi connectivity index (χ0) is 23.8. The molecule has 1 amide bonds. The van der Waals surface area contributed by atoms with Crippen LogP contribution in [0.25, 0.3) is 0 Å². The van der Waals surface area contributed by atoms with Gasteiger partial charge in [0.05, 0.1) is 6.26 Å². The van der Waals surface area contributed by atoms with E-state index in [4.69, 9.17) is 27.9 Å². The molecule has 0 radical (unpaired) electrons. The van der Waals surface area contributed by atoms with Gasteiger partial charge in [0.1, 0.15) is 6.10 Å². The minimum absolute atomic E-state index is 0.0630. The molecule has 1 fully saturated rings. The number of ether oxygens (including phenoxy) is 1. The lowest BCUT2D eigenvalue weighted by Gasteiger charge is -2.33. The normalized spacial score (nSPS) is 20.3. The minimum atomic E-state index is -3.22. The molecule has 2 aromatic rings. The molecule has 0 aromatic heterocycles. The lowest BCUT2D eigenvalue weighted by molar-refractivity contribution is 0.0775. The van der Waals surface area contributed by atoms with E-state index in [-0.39, 0.29) is 12.0 Å². The molecule has 2 aliphatic heterocycles. The number of nitrogens with one attached hydrogen (secondary N) is 1. The topological polar surface area (TPSA) is 79.0 Å². The summed E-state index contributed by atoms with van der Waals surface area (Å²) >= 11 is 12.8. The Morgan fingerprint density at radius 1 is 1.15 bits per heavy atom. The van der Waals surface area contributed by atoms with Gasteiger partial charge < -0.3 is 9.64 Å². The first-order chi connectivity index (χ1) is 15.6. The van der Waals surface area contributed by atoms with Crippen LogP contribution in [0.5, 0.6) is 0 Å². The summed E-state index contributed by atoms with van der Waals surface area (Å²) in [5, 5.41) is 4.08. The van der Waals surface area contributed by atoms with Gasteiger partial charge in [-0.05, 0) is 60.8 Å². The number of benzene rings is 2. The van der Waals surface area contributed by atoms with Gasteiger partial charge >= 0.3 is 6.09 Å². The number of carbonyl (C=O) groups excluding carboxylic acids is 1. The summed E-state index contributed by atoms with van der Waals surface area (Å²) in [6.45, 7) is 2.26. The number of hydrogen-bond acceptors (Lipinski definition) is 5. The summed E-state index contributed by atoms with van der Waals surface area (Å²) in [4.78, 5) is 14.7. The molecule has 2 aromatic carbocycles. The average Bonchev–Trinajstić information content (AvgIpc) is 2.74. The molecule has 2 aliphatic rings. The molecule has 2 heterocycles. The molecule has 1 saturated heterocycles. The molecular weight excluding hydrogens is 485 g/mol. The van der Waals surface area contributed by atoms with E-state index < -0.39 is 16.1 Å². The zero-order valence-electron chi connectivity index (χ0n) is 18.6. The van der Waals surface area contributed by atoms with Crippen molar-refractivity contribution in [1.82, 2.24) is 9.21 Å². The van der Waals surface area contributed by atoms with Crippen molar-refractivity contribution in [2.45, 2.75) is 31.4 Å². The largest absolute Gasteiger partial charge is 0.446 e. The number of hydrogen-bond donors (Lipinski definition) is 1. The Balaban J connectivity index is 1.45. The predicted molar refractivity (Wildman–Crippen MR) is 131 cm³/mol. The van der Waals surface area contributed by atoms with Crippen LogP contribution in [0.3, 0.4) is 0 Å². The van der Waals surface area contributed by atoms with E-state index in [9.17, 15) is 13.2 Å². The fraction of sp³-hybridized carbons (Fsp3) is 0.435. The van der Waals surface area contributed by atoms with Crippen molar-refractivity contribution >= 4 is 45.0 Å². The van der Waals surface area contributed by atoms with Crippen LogP contribution in [-0.4, -0.2) is 62.8 Å². The van der Waals surface area contributed by atoms with Crippen molar-refractivity contribution in [3.8, 4) is 0 Å². The van der Waals surface area contributed by atoms with Gasteiger partial charge in [-0.2, -0.15) is 0 Å². The van der Waals surface area contributed by atoms with Gasteiger partial charge in [0.25, 0.3) is 0 Å². The third kappa shape index (κ3) is 5.81. The smallest absolute Gasteiger partial charge is 0.411 e. The van der Waals surface area contributed by atoms with E-state index in [1.165, 1.54) is 10.6 Å². The Kier molecular flexibility index (Phi) is 7.21. The molecule has 4 rings (SSSR count). The van der Waals surface area contributed by atoms with Crippen molar-refractivity contribution < 1.29 is 17.9 Å². The molecular formula is C23H27Cl2N3O4S. The van der Waals surface area contributed by atoms with Gasteiger partial charge in [0.15, 0.2) is 0 Å². The molecule has 7 nitrogen and oxygen atoms in total. The number of nitrogens with zero attached hydrogens (tertiary/aromatic N) is 2. The molecule has 0 saturated carbocycles. The number of anilines is 1. The van der Waals surface area contributed by atoms with Crippen LogP contribution in [0.4, 0.5) is 10.5 Å². The molecule has 1 N–H and O–H groups in total. The Morgan fingerprint density at radius 2 is 1.88 bits per heavy atom. The third-order valence-electron chi connectivity index (χ3n) is 6.17. The molecule has 10 heteroatoms. The van der Waals surface area contributed by atoms with Crippen molar-refractivity contribution in [3.05, 3.63) is 63.1 Å². The Hall–Kier alpha value is -1.84. The molecule has 0 bridgehead atoms. The van der Waals surface area contributed by atoms with Crippen molar-refractivity contribution in [2.75, 3.05) is 38.3 Å². The maximum absolute atomic E-state index is 12.5. The number of amides is 1. The summed E-state index contributed by atoms with van der Waals surface area (Å²) < 4.78 is 30.2.